The Kier molecular flexibility index (Phi) is 6.29. The molecule has 5 rings (SSSR count). The van der Waals surface area contributed by atoms with E-state index in [1.54, 1.807) is 30.5 Å². The Labute approximate surface area is 208 Å². The van der Waals surface area contributed by atoms with Crippen LogP contribution in [0.15, 0.2) is 120 Å². The molecule has 0 saturated heterocycles. The van der Waals surface area contributed by atoms with Crippen LogP contribution in [0.2, 0.25) is 5.02 Å². The van der Waals surface area contributed by atoms with Crippen LogP contribution in [-0.4, -0.2) is 21.9 Å². The fourth-order valence-electron chi connectivity index (χ4n) is 4.06. The molecule has 0 fully saturated rings. The lowest BCUT2D eigenvalue weighted by atomic mass is 10.1. The van der Waals surface area contributed by atoms with Crippen LogP contribution in [0, 0.1) is 0 Å². The highest BCUT2D eigenvalue weighted by atomic mass is 35.5. The second-order valence-corrected chi connectivity index (χ2v) is 8.43. The number of aromatic nitrogens is 1. The number of carbonyl (C=O) groups is 1. The second kappa shape index (κ2) is 9.84. The van der Waals surface area contributed by atoms with E-state index >= 15 is 0 Å². The van der Waals surface area contributed by atoms with E-state index in [2.05, 4.69) is 39.9 Å². The van der Waals surface area contributed by atoms with Gasteiger partial charge in [-0.25, -0.2) is 4.79 Å². The highest BCUT2D eigenvalue weighted by Gasteiger charge is 2.18. The third-order valence-corrected chi connectivity index (χ3v) is 5.93. The zero-order valence-corrected chi connectivity index (χ0v) is 19.4. The van der Waals surface area contributed by atoms with E-state index in [0.717, 1.165) is 33.8 Å². The summed E-state index contributed by atoms with van der Waals surface area (Å²) in [5.41, 5.74) is 6.73. The molecule has 0 bridgehead atoms. The maximum absolute atomic E-state index is 11.4. The molecule has 0 atom stereocenters. The van der Waals surface area contributed by atoms with E-state index in [1.165, 1.54) is 0 Å². The molecule has 4 nitrogen and oxygen atoms in total. The lowest BCUT2D eigenvalue weighted by molar-refractivity contribution is 0.0697. The summed E-state index contributed by atoms with van der Waals surface area (Å²) in [6.07, 6.45) is 1.79. The predicted octanol–water partition coefficient (Wildman–Crippen LogP) is 7.91. The van der Waals surface area contributed by atoms with E-state index < -0.39 is 5.97 Å². The zero-order chi connectivity index (χ0) is 24.2. The summed E-state index contributed by atoms with van der Waals surface area (Å²) in [5.74, 6) is -0.979. The molecule has 0 saturated carbocycles. The largest absolute Gasteiger partial charge is 0.478 e. The van der Waals surface area contributed by atoms with Crippen molar-refractivity contribution in [2.24, 2.45) is 4.99 Å². The molecule has 0 radical (unpaired) electrons. The summed E-state index contributed by atoms with van der Waals surface area (Å²) >= 11 is 6.20. The van der Waals surface area contributed by atoms with Crippen molar-refractivity contribution in [2.75, 3.05) is 0 Å². The normalized spacial score (nSPS) is 11.1. The summed E-state index contributed by atoms with van der Waals surface area (Å²) in [4.78, 5) is 16.0. The van der Waals surface area contributed by atoms with Gasteiger partial charge in [0.15, 0.2) is 0 Å². The van der Waals surface area contributed by atoms with Crippen molar-refractivity contribution >= 4 is 29.5 Å². The molecule has 35 heavy (non-hydrogen) atoms. The van der Waals surface area contributed by atoms with Crippen LogP contribution < -0.4 is 0 Å². The number of hydrogen-bond donors (Lipinski definition) is 1. The number of hydrogen-bond acceptors (Lipinski definition) is 2. The zero-order valence-electron chi connectivity index (χ0n) is 18.7. The van der Waals surface area contributed by atoms with E-state index in [4.69, 9.17) is 11.6 Å². The van der Waals surface area contributed by atoms with Crippen LogP contribution in [0.3, 0.4) is 0 Å². The van der Waals surface area contributed by atoms with Gasteiger partial charge in [-0.15, -0.1) is 0 Å². The maximum Gasteiger partial charge on any atom is 0.335 e. The van der Waals surface area contributed by atoms with Gasteiger partial charge in [-0.3, -0.25) is 4.99 Å². The Morgan fingerprint density at radius 2 is 1.43 bits per heavy atom. The van der Waals surface area contributed by atoms with Crippen molar-refractivity contribution in [1.29, 1.82) is 0 Å². The quantitative estimate of drug-likeness (QED) is 0.253. The van der Waals surface area contributed by atoms with Gasteiger partial charge in [0.25, 0.3) is 0 Å². The average molecular weight is 477 g/mol. The third kappa shape index (κ3) is 4.79. The second-order valence-electron chi connectivity index (χ2n) is 7.99. The number of rotatable bonds is 6. The number of halogens is 1. The van der Waals surface area contributed by atoms with Crippen molar-refractivity contribution in [1.82, 2.24) is 4.57 Å². The SMILES string of the molecule is O=C(O)c1cccc(N=Cc2cc(-c3ccccc3)n(-c3ccc(Cl)cc3)c2-c2ccccc2)c1. The Morgan fingerprint density at radius 1 is 0.771 bits per heavy atom. The number of carboxylic acids is 1. The van der Waals surface area contributed by atoms with Gasteiger partial charge in [0, 0.05) is 22.5 Å². The van der Waals surface area contributed by atoms with E-state index in [0.29, 0.717) is 10.7 Å². The van der Waals surface area contributed by atoms with Gasteiger partial charge in [0.2, 0.25) is 0 Å². The minimum atomic E-state index is -0.979. The monoisotopic (exact) mass is 476 g/mol. The molecule has 0 aliphatic heterocycles. The van der Waals surface area contributed by atoms with Gasteiger partial charge >= 0.3 is 5.97 Å². The molecule has 5 heteroatoms. The first kappa shape index (κ1) is 22.4. The van der Waals surface area contributed by atoms with Crippen molar-refractivity contribution < 1.29 is 9.90 Å². The van der Waals surface area contributed by atoms with Gasteiger partial charge in [-0.05, 0) is 59.7 Å². The van der Waals surface area contributed by atoms with Gasteiger partial charge in [-0.2, -0.15) is 0 Å². The van der Waals surface area contributed by atoms with Crippen LogP contribution in [0.4, 0.5) is 5.69 Å². The lowest BCUT2D eigenvalue weighted by Gasteiger charge is -2.15. The predicted molar refractivity (Wildman–Crippen MR) is 142 cm³/mol. The fourth-order valence-corrected chi connectivity index (χ4v) is 4.19. The number of benzene rings is 4. The van der Waals surface area contributed by atoms with Crippen molar-refractivity contribution in [3.8, 4) is 28.2 Å². The van der Waals surface area contributed by atoms with Crippen LogP contribution in [0.25, 0.3) is 28.2 Å². The first-order chi connectivity index (χ1) is 17.1. The Balaban J connectivity index is 1.74. The van der Waals surface area contributed by atoms with Gasteiger partial charge < -0.3 is 9.67 Å². The Bertz CT molecular complexity index is 1510. The van der Waals surface area contributed by atoms with Crippen molar-refractivity contribution in [2.45, 2.75) is 0 Å². The molecule has 1 heterocycles. The molecular weight excluding hydrogens is 456 g/mol. The summed E-state index contributed by atoms with van der Waals surface area (Å²) in [6, 6.07) is 36.8. The number of nitrogens with zero attached hydrogens (tertiary/aromatic N) is 2. The molecule has 0 aliphatic carbocycles. The van der Waals surface area contributed by atoms with Crippen molar-refractivity contribution in [3.05, 3.63) is 131 Å². The number of carboxylic acid groups (broad SMARTS) is 1. The molecule has 0 spiro atoms. The van der Waals surface area contributed by atoms with Crippen LogP contribution in [0.1, 0.15) is 15.9 Å². The topological polar surface area (TPSA) is 54.6 Å². The molecule has 1 N–H and O–H groups in total. The third-order valence-electron chi connectivity index (χ3n) is 5.68. The molecule has 1 aromatic heterocycles. The molecular formula is C30H21ClN2O2. The van der Waals surface area contributed by atoms with Crippen LogP contribution in [0.5, 0.6) is 0 Å². The summed E-state index contributed by atoms with van der Waals surface area (Å²) in [7, 11) is 0. The minimum Gasteiger partial charge on any atom is -0.478 e. The van der Waals surface area contributed by atoms with E-state index in [1.807, 2.05) is 60.7 Å². The van der Waals surface area contributed by atoms with Gasteiger partial charge in [0.05, 0.1) is 22.6 Å². The summed E-state index contributed by atoms with van der Waals surface area (Å²) in [5, 5.41) is 10.0. The summed E-state index contributed by atoms with van der Waals surface area (Å²) < 4.78 is 2.20. The Hall–Kier alpha value is -4.41. The maximum atomic E-state index is 11.4. The Morgan fingerprint density at radius 3 is 2.09 bits per heavy atom. The molecule has 0 unspecified atom stereocenters. The molecule has 0 amide bonds. The van der Waals surface area contributed by atoms with Crippen LogP contribution in [-0.2, 0) is 0 Å². The molecule has 4 aromatic carbocycles. The molecule has 170 valence electrons. The van der Waals surface area contributed by atoms with E-state index in [9.17, 15) is 9.90 Å². The highest BCUT2D eigenvalue weighted by Crippen LogP contribution is 2.36. The standard InChI is InChI=1S/C30H21ClN2O2/c31-25-14-16-27(17-15-25)33-28(21-8-3-1-4-9-21)19-24(29(33)22-10-5-2-6-11-22)20-32-26-13-7-12-23(18-26)30(34)35/h1-20H,(H,34,35). The first-order valence-corrected chi connectivity index (χ1v) is 11.5. The lowest BCUT2D eigenvalue weighted by Crippen LogP contribution is -2.00. The van der Waals surface area contributed by atoms with Gasteiger partial charge in [0.1, 0.15) is 0 Å². The molecule has 0 aliphatic rings. The smallest absolute Gasteiger partial charge is 0.335 e. The number of aromatic carboxylic acids is 1. The van der Waals surface area contributed by atoms with Crippen molar-refractivity contribution in [3.63, 3.8) is 0 Å². The van der Waals surface area contributed by atoms with Crippen LogP contribution >= 0.6 is 11.6 Å². The highest BCUT2D eigenvalue weighted by molar-refractivity contribution is 6.30. The summed E-state index contributed by atoms with van der Waals surface area (Å²) in [6.45, 7) is 0. The number of aliphatic imine (C=N–C) groups is 1. The van der Waals surface area contributed by atoms with E-state index in [-0.39, 0.29) is 5.56 Å². The first-order valence-electron chi connectivity index (χ1n) is 11.1. The van der Waals surface area contributed by atoms with Gasteiger partial charge in [-0.1, -0.05) is 78.3 Å². The molecule has 5 aromatic rings. The average Bonchev–Trinajstić information content (AvgIpc) is 3.28. The fraction of sp³-hybridized carbons (Fsp3) is 0. The minimum absolute atomic E-state index is 0.201.